The van der Waals surface area contributed by atoms with Crippen molar-refractivity contribution < 1.29 is 8.78 Å². The Balaban J connectivity index is 3.02. The Bertz CT molecular complexity index is 355. The van der Waals surface area contributed by atoms with Crippen LogP contribution in [-0.4, -0.2) is 20.6 Å². The molecule has 2 atom stereocenters. The first-order chi connectivity index (χ1) is 8.13. The summed E-state index contributed by atoms with van der Waals surface area (Å²) in [5, 5.41) is 6.16. The van der Waals surface area contributed by atoms with Gasteiger partial charge in [-0.25, -0.2) is 8.78 Å². The number of halogens is 2. The van der Waals surface area contributed by atoms with E-state index in [9.17, 15) is 8.78 Å². The van der Waals surface area contributed by atoms with Crippen molar-refractivity contribution in [1.29, 1.82) is 0 Å². The van der Waals surface area contributed by atoms with Crippen LogP contribution in [0, 0.1) is 17.6 Å². The van der Waals surface area contributed by atoms with Crippen LogP contribution in [-0.2, 0) is 0 Å². The van der Waals surface area contributed by atoms with Crippen LogP contribution < -0.4 is 10.6 Å². The van der Waals surface area contributed by atoms with Gasteiger partial charge >= 0.3 is 0 Å². The van der Waals surface area contributed by atoms with Crippen molar-refractivity contribution >= 4 is 0 Å². The van der Waals surface area contributed by atoms with Crippen LogP contribution >= 0.6 is 0 Å². The minimum atomic E-state index is -0.402. The van der Waals surface area contributed by atoms with Crippen molar-refractivity contribution in [2.45, 2.75) is 19.4 Å². The second-order valence-corrected chi connectivity index (χ2v) is 4.16. The van der Waals surface area contributed by atoms with E-state index in [1.807, 2.05) is 14.0 Å². The zero-order valence-corrected chi connectivity index (χ0v) is 10.6. The molecule has 0 radical (unpaired) electrons. The third-order valence-corrected chi connectivity index (χ3v) is 3.07. The lowest BCUT2D eigenvalue weighted by Gasteiger charge is -2.26. The maximum absolute atomic E-state index is 13.7. The van der Waals surface area contributed by atoms with Gasteiger partial charge in [-0.05, 0) is 44.8 Å². The molecule has 2 N–H and O–H groups in total. The van der Waals surface area contributed by atoms with E-state index in [4.69, 9.17) is 0 Å². The molecule has 0 fully saturated rings. The fraction of sp³-hybridized carbons (Fsp3) is 0.538. The molecule has 0 heterocycles. The molecule has 0 aliphatic heterocycles. The van der Waals surface area contributed by atoms with E-state index in [-0.39, 0.29) is 17.8 Å². The second-order valence-electron chi connectivity index (χ2n) is 4.16. The van der Waals surface area contributed by atoms with Crippen LogP contribution in [0.25, 0.3) is 0 Å². The molecule has 0 aliphatic carbocycles. The molecule has 1 aromatic rings. The van der Waals surface area contributed by atoms with Gasteiger partial charge in [-0.1, -0.05) is 13.3 Å². The minimum Gasteiger partial charge on any atom is -0.319 e. The van der Waals surface area contributed by atoms with E-state index in [1.54, 1.807) is 7.05 Å². The summed E-state index contributed by atoms with van der Waals surface area (Å²) in [6, 6.07) is 3.42. The molecule has 0 saturated heterocycles. The average molecular weight is 242 g/mol. The first kappa shape index (κ1) is 14.1. The van der Waals surface area contributed by atoms with E-state index < -0.39 is 5.82 Å². The molecule has 0 spiro atoms. The molecule has 96 valence electrons. The number of nitrogens with one attached hydrogen (secondary N) is 2. The normalized spacial score (nSPS) is 14.6. The van der Waals surface area contributed by atoms with Gasteiger partial charge in [0.2, 0.25) is 0 Å². The highest BCUT2D eigenvalue weighted by Gasteiger charge is 2.22. The van der Waals surface area contributed by atoms with Crippen LogP contribution in [0.15, 0.2) is 18.2 Å². The molecule has 0 bridgehead atoms. The van der Waals surface area contributed by atoms with Gasteiger partial charge in [-0.3, -0.25) is 0 Å². The van der Waals surface area contributed by atoms with Crippen LogP contribution in [0.3, 0.4) is 0 Å². The predicted octanol–water partition coefficient (Wildman–Crippen LogP) is 2.47. The standard InChI is InChI=1S/C13H20F2N2/c1-4-9(8-16-2)13(17-3)11-7-10(14)5-6-12(11)15/h5-7,9,13,16-17H,4,8H2,1-3H3. The van der Waals surface area contributed by atoms with E-state index >= 15 is 0 Å². The number of rotatable bonds is 6. The zero-order chi connectivity index (χ0) is 12.8. The Morgan fingerprint density at radius 3 is 2.47 bits per heavy atom. The van der Waals surface area contributed by atoms with Crippen molar-refractivity contribution in [2.24, 2.45) is 5.92 Å². The smallest absolute Gasteiger partial charge is 0.128 e. The van der Waals surface area contributed by atoms with Gasteiger partial charge in [0.05, 0.1) is 0 Å². The maximum Gasteiger partial charge on any atom is 0.128 e. The van der Waals surface area contributed by atoms with E-state index in [2.05, 4.69) is 10.6 Å². The van der Waals surface area contributed by atoms with Crippen LogP contribution in [0.2, 0.25) is 0 Å². The summed E-state index contributed by atoms with van der Waals surface area (Å²) >= 11 is 0. The van der Waals surface area contributed by atoms with Crippen LogP contribution in [0.5, 0.6) is 0 Å². The molecule has 2 nitrogen and oxygen atoms in total. The Hall–Kier alpha value is -1.00. The molecule has 1 rings (SSSR count). The van der Waals surface area contributed by atoms with Gasteiger partial charge < -0.3 is 10.6 Å². The van der Waals surface area contributed by atoms with Gasteiger partial charge in [-0.15, -0.1) is 0 Å². The first-order valence-corrected chi connectivity index (χ1v) is 5.90. The van der Waals surface area contributed by atoms with Crippen molar-refractivity contribution in [3.63, 3.8) is 0 Å². The van der Waals surface area contributed by atoms with Crippen LogP contribution in [0.4, 0.5) is 8.78 Å². The minimum absolute atomic E-state index is 0.178. The predicted molar refractivity (Wildman–Crippen MR) is 65.9 cm³/mol. The molecule has 2 unspecified atom stereocenters. The molecular weight excluding hydrogens is 222 g/mol. The van der Waals surface area contributed by atoms with Gasteiger partial charge in [0, 0.05) is 11.6 Å². The first-order valence-electron chi connectivity index (χ1n) is 5.90. The van der Waals surface area contributed by atoms with Gasteiger partial charge in [0.1, 0.15) is 11.6 Å². The van der Waals surface area contributed by atoms with Crippen molar-refractivity contribution in [1.82, 2.24) is 10.6 Å². The third-order valence-electron chi connectivity index (χ3n) is 3.07. The molecule has 0 aliphatic rings. The lowest BCUT2D eigenvalue weighted by Crippen LogP contribution is -2.32. The van der Waals surface area contributed by atoms with Crippen LogP contribution in [0.1, 0.15) is 24.9 Å². The largest absolute Gasteiger partial charge is 0.319 e. The highest BCUT2D eigenvalue weighted by molar-refractivity contribution is 5.23. The lowest BCUT2D eigenvalue weighted by molar-refractivity contribution is 0.349. The molecule has 17 heavy (non-hydrogen) atoms. The van der Waals surface area contributed by atoms with Gasteiger partial charge in [0.15, 0.2) is 0 Å². The number of hydrogen-bond acceptors (Lipinski definition) is 2. The fourth-order valence-electron chi connectivity index (χ4n) is 2.16. The molecule has 0 aromatic heterocycles. The summed E-state index contributed by atoms with van der Waals surface area (Å²) in [5.74, 6) is -0.539. The number of benzene rings is 1. The lowest BCUT2D eigenvalue weighted by atomic mass is 9.90. The molecule has 0 saturated carbocycles. The SMILES string of the molecule is CCC(CNC)C(NC)c1cc(F)ccc1F. The Morgan fingerprint density at radius 2 is 1.94 bits per heavy atom. The Labute approximate surface area is 101 Å². The fourth-order valence-corrected chi connectivity index (χ4v) is 2.16. The van der Waals surface area contributed by atoms with E-state index in [0.717, 1.165) is 19.0 Å². The average Bonchev–Trinajstić information content (AvgIpc) is 2.33. The Morgan fingerprint density at radius 1 is 1.24 bits per heavy atom. The monoisotopic (exact) mass is 242 g/mol. The summed E-state index contributed by atoms with van der Waals surface area (Å²) in [4.78, 5) is 0. The molecular formula is C13H20F2N2. The van der Waals surface area contributed by atoms with Crippen molar-refractivity contribution in [3.05, 3.63) is 35.4 Å². The van der Waals surface area contributed by atoms with Crippen molar-refractivity contribution in [2.75, 3.05) is 20.6 Å². The molecule has 4 heteroatoms. The van der Waals surface area contributed by atoms with E-state index in [1.165, 1.54) is 12.1 Å². The maximum atomic E-state index is 13.7. The molecule has 1 aromatic carbocycles. The van der Waals surface area contributed by atoms with E-state index in [0.29, 0.717) is 5.56 Å². The topological polar surface area (TPSA) is 24.1 Å². The highest BCUT2D eigenvalue weighted by atomic mass is 19.1. The summed E-state index contributed by atoms with van der Waals surface area (Å²) in [5.41, 5.74) is 0.398. The number of hydrogen-bond donors (Lipinski definition) is 2. The third kappa shape index (κ3) is 3.48. The Kier molecular flexibility index (Phi) is 5.51. The summed E-state index contributed by atoms with van der Waals surface area (Å²) in [6.07, 6.45) is 0.891. The summed E-state index contributed by atoms with van der Waals surface area (Å²) in [7, 11) is 3.63. The summed E-state index contributed by atoms with van der Waals surface area (Å²) in [6.45, 7) is 2.81. The highest BCUT2D eigenvalue weighted by Crippen LogP contribution is 2.26. The van der Waals surface area contributed by atoms with Crippen molar-refractivity contribution in [3.8, 4) is 0 Å². The van der Waals surface area contributed by atoms with Gasteiger partial charge in [-0.2, -0.15) is 0 Å². The second kappa shape index (κ2) is 6.67. The van der Waals surface area contributed by atoms with Gasteiger partial charge in [0.25, 0.3) is 0 Å². The quantitative estimate of drug-likeness (QED) is 0.800. The summed E-state index contributed by atoms with van der Waals surface area (Å²) < 4.78 is 26.9. The zero-order valence-electron chi connectivity index (χ0n) is 10.6. The molecule has 0 amide bonds.